The highest BCUT2D eigenvalue weighted by Gasteiger charge is 2.19. The summed E-state index contributed by atoms with van der Waals surface area (Å²) in [5.41, 5.74) is 0.885. The van der Waals surface area contributed by atoms with Crippen molar-refractivity contribution in [3.63, 3.8) is 0 Å². The Labute approximate surface area is 137 Å². The lowest BCUT2D eigenvalue weighted by molar-refractivity contribution is 0.223. The Morgan fingerprint density at radius 3 is 2.35 bits per heavy atom. The Balaban J connectivity index is 2.59. The third kappa shape index (κ3) is 6.26. The molecule has 0 aliphatic carbocycles. The van der Waals surface area contributed by atoms with Crippen molar-refractivity contribution < 1.29 is 13.2 Å². The number of carbonyl (C=O) groups excluding carboxylic acids is 1. The molecule has 0 radical (unpaired) electrons. The summed E-state index contributed by atoms with van der Waals surface area (Å²) in [5.74, 6) is 0. The normalized spacial score (nSPS) is 11.6. The van der Waals surface area contributed by atoms with Gasteiger partial charge in [-0.15, -0.1) is 0 Å². The number of urea groups is 1. The summed E-state index contributed by atoms with van der Waals surface area (Å²) in [6.07, 6.45) is 1.07. The van der Waals surface area contributed by atoms with E-state index in [4.69, 9.17) is 5.26 Å². The Morgan fingerprint density at radius 2 is 1.87 bits per heavy atom. The smallest absolute Gasteiger partial charge is 0.321 e. The Bertz CT molecular complexity index is 690. The number of likely N-dealkylation sites (N-methyl/N-ethyl adjacent to an activating group) is 1. The quantitative estimate of drug-likeness (QED) is 0.820. The molecule has 126 valence electrons. The highest BCUT2D eigenvalue weighted by molar-refractivity contribution is 7.88. The van der Waals surface area contributed by atoms with E-state index in [-0.39, 0.29) is 19.1 Å². The van der Waals surface area contributed by atoms with Crippen molar-refractivity contribution in [2.75, 3.05) is 31.7 Å². The largest absolute Gasteiger partial charge is 0.326 e. The van der Waals surface area contributed by atoms with Crippen LogP contribution in [-0.4, -0.2) is 45.7 Å². The first-order chi connectivity index (χ1) is 10.5. The van der Waals surface area contributed by atoms with Gasteiger partial charge in [0.15, 0.2) is 0 Å². The minimum atomic E-state index is -3.26. The van der Waals surface area contributed by atoms with E-state index in [2.05, 4.69) is 16.1 Å². The number of carbonyl (C=O) groups is 1. The molecule has 2 N–H and O–H groups in total. The number of nitriles is 1. The predicted molar refractivity (Wildman–Crippen MR) is 89.6 cm³/mol. The molecule has 1 aromatic carbocycles. The molecular weight excluding hydrogens is 316 g/mol. The van der Waals surface area contributed by atoms with Crippen LogP contribution < -0.4 is 10.0 Å². The number of benzene rings is 1. The first-order valence-electron chi connectivity index (χ1n) is 7.04. The molecular formula is C15H22N4O3S. The summed E-state index contributed by atoms with van der Waals surface area (Å²) < 4.78 is 24.2. The summed E-state index contributed by atoms with van der Waals surface area (Å²) >= 11 is 0. The lowest BCUT2D eigenvalue weighted by atomic mass is 9.86. The van der Waals surface area contributed by atoms with Gasteiger partial charge in [0.2, 0.25) is 10.0 Å². The Hall–Kier alpha value is -2.11. The second-order valence-electron chi connectivity index (χ2n) is 5.83. The van der Waals surface area contributed by atoms with Crippen LogP contribution in [0.25, 0.3) is 0 Å². The van der Waals surface area contributed by atoms with Crippen LogP contribution in [0.4, 0.5) is 10.5 Å². The predicted octanol–water partition coefficient (Wildman–Crippen LogP) is 1.50. The Morgan fingerprint density at radius 1 is 1.30 bits per heavy atom. The molecule has 0 heterocycles. The Kier molecular flexibility index (Phi) is 6.12. The molecule has 0 aliphatic rings. The molecule has 0 bridgehead atoms. The second kappa shape index (κ2) is 7.44. The summed E-state index contributed by atoms with van der Waals surface area (Å²) in [7, 11) is -1.68. The number of hydrogen-bond donors (Lipinski definition) is 2. The van der Waals surface area contributed by atoms with Gasteiger partial charge in [-0.1, -0.05) is 12.1 Å². The minimum absolute atomic E-state index is 0.151. The molecule has 0 unspecified atom stereocenters. The van der Waals surface area contributed by atoms with E-state index in [9.17, 15) is 13.2 Å². The first kappa shape index (κ1) is 18.9. The monoisotopic (exact) mass is 338 g/mol. The summed E-state index contributed by atoms with van der Waals surface area (Å²) in [6, 6.07) is 8.93. The lowest BCUT2D eigenvalue weighted by Gasteiger charge is -2.19. The van der Waals surface area contributed by atoms with E-state index in [0.717, 1.165) is 11.8 Å². The fourth-order valence-electron chi connectivity index (χ4n) is 1.75. The van der Waals surface area contributed by atoms with Crippen LogP contribution in [0.1, 0.15) is 19.4 Å². The molecule has 23 heavy (non-hydrogen) atoms. The minimum Gasteiger partial charge on any atom is -0.326 e. The topological polar surface area (TPSA) is 102 Å². The molecule has 1 rings (SSSR count). The lowest BCUT2D eigenvalue weighted by Crippen LogP contribution is -2.38. The van der Waals surface area contributed by atoms with Crippen LogP contribution in [0.5, 0.6) is 0 Å². The van der Waals surface area contributed by atoms with E-state index < -0.39 is 15.4 Å². The van der Waals surface area contributed by atoms with Crippen molar-refractivity contribution in [3.05, 3.63) is 29.8 Å². The van der Waals surface area contributed by atoms with Gasteiger partial charge < -0.3 is 10.2 Å². The van der Waals surface area contributed by atoms with Crippen LogP contribution in [0, 0.1) is 11.3 Å². The average molecular weight is 338 g/mol. The van der Waals surface area contributed by atoms with Gasteiger partial charge in [0.25, 0.3) is 0 Å². The van der Waals surface area contributed by atoms with Crippen LogP contribution in [-0.2, 0) is 15.4 Å². The molecule has 0 saturated heterocycles. The van der Waals surface area contributed by atoms with Crippen molar-refractivity contribution in [2.45, 2.75) is 19.3 Å². The number of amides is 2. The number of sulfonamides is 1. The number of nitrogens with one attached hydrogen (secondary N) is 2. The zero-order valence-electron chi connectivity index (χ0n) is 13.8. The number of anilines is 1. The molecule has 8 heteroatoms. The number of hydrogen-bond acceptors (Lipinski definition) is 4. The van der Waals surface area contributed by atoms with Crippen LogP contribution >= 0.6 is 0 Å². The van der Waals surface area contributed by atoms with Crippen molar-refractivity contribution in [2.24, 2.45) is 0 Å². The third-order valence-corrected chi connectivity index (χ3v) is 4.02. The van der Waals surface area contributed by atoms with Gasteiger partial charge in [0, 0.05) is 25.8 Å². The number of rotatable bonds is 6. The van der Waals surface area contributed by atoms with Gasteiger partial charge in [-0.25, -0.2) is 17.9 Å². The van der Waals surface area contributed by atoms with Gasteiger partial charge >= 0.3 is 6.03 Å². The maximum absolute atomic E-state index is 12.0. The van der Waals surface area contributed by atoms with E-state index in [1.165, 1.54) is 4.90 Å². The molecule has 1 aromatic rings. The van der Waals surface area contributed by atoms with Crippen molar-refractivity contribution in [1.29, 1.82) is 5.26 Å². The molecule has 0 aliphatic heterocycles. The van der Waals surface area contributed by atoms with Crippen molar-refractivity contribution in [1.82, 2.24) is 9.62 Å². The van der Waals surface area contributed by atoms with Crippen molar-refractivity contribution in [3.8, 4) is 6.07 Å². The second-order valence-corrected chi connectivity index (χ2v) is 7.67. The van der Waals surface area contributed by atoms with Gasteiger partial charge in [-0.2, -0.15) is 5.26 Å². The highest BCUT2D eigenvalue weighted by Crippen LogP contribution is 2.23. The standard InChI is InChI=1S/C15H22N4O3S/c1-15(2,11-16)12-5-7-13(8-6-12)18-14(20)19(3)10-9-17-23(4,21)22/h5-8,17H,9-10H2,1-4H3,(H,18,20). The maximum atomic E-state index is 12.0. The van der Waals surface area contributed by atoms with Crippen LogP contribution in [0.2, 0.25) is 0 Å². The summed E-state index contributed by atoms with van der Waals surface area (Å²) in [6.45, 7) is 4.04. The average Bonchev–Trinajstić information content (AvgIpc) is 2.46. The van der Waals surface area contributed by atoms with Crippen LogP contribution in [0.15, 0.2) is 24.3 Å². The fraction of sp³-hybridized carbons (Fsp3) is 0.467. The first-order valence-corrected chi connectivity index (χ1v) is 8.93. The molecule has 0 saturated carbocycles. The van der Waals surface area contributed by atoms with Gasteiger partial charge in [-0.3, -0.25) is 0 Å². The van der Waals surface area contributed by atoms with Gasteiger partial charge in [-0.05, 0) is 31.5 Å². The van der Waals surface area contributed by atoms with E-state index in [0.29, 0.717) is 5.69 Å². The van der Waals surface area contributed by atoms with Crippen molar-refractivity contribution >= 4 is 21.7 Å². The molecule has 0 atom stereocenters. The van der Waals surface area contributed by atoms with Crippen LogP contribution in [0.3, 0.4) is 0 Å². The highest BCUT2D eigenvalue weighted by atomic mass is 32.2. The van der Waals surface area contributed by atoms with E-state index in [1.807, 2.05) is 13.8 Å². The summed E-state index contributed by atoms with van der Waals surface area (Å²) in [4.78, 5) is 13.4. The molecule has 0 fully saturated rings. The zero-order valence-corrected chi connectivity index (χ0v) is 14.6. The summed E-state index contributed by atoms with van der Waals surface area (Å²) in [5, 5.41) is 11.8. The van der Waals surface area contributed by atoms with Gasteiger partial charge in [0.05, 0.1) is 17.7 Å². The van der Waals surface area contributed by atoms with Gasteiger partial charge in [0.1, 0.15) is 0 Å². The number of nitrogens with zero attached hydrogens (tertiary/aromatic N) is 2. The van der Waals surface area contributed by atoms with E-state index in [1.54, 1.807) is 31.3 Å². The maximum Gasteiger partial charge on any atom is 0.321 e. The SMILES string of the molecule is CN(CCNS(C)(=O)=O)C(=O)Nc1ccc(C(C)(C)C#N)cc1. The molecule has 7 nitrogen and oxygen atoms in total. The van der Waals surface area contributed by atoms with E-state index >= 15 is 0 Å². The third-order valence-electron chi connectivity index (χ3n) is 3.30. The molecule has 0 spiro atoms. The zero-order chi connectivity index (χ0) is 17.7. The molecule has 0 aromatic heterocycles. The fourth-order valence-corrected chi connectivity index (χ4v) is 2.22. The molecule has 2 amide bonds.